The number of thiazole rings is 1. The smallest absolute Gasteiger partial charge is 0.326 e. The van der Waals surface area contributed by atoms with Crippen molar-refractivity contribution in [2.45, 2.75) is 65.2 Å². The molecule has 0 saturated heterocycles. The molecule has 1 aromatic heterocycles. The molecule has 2 atom stereocenters. The van der Waals surface area contributed by atoms with Crippen LogP contribution >= 0.6 is 23.1 Å². The molecular formula is C29H36N2O4S2. The van der Waals surface area contributed by atoms with Gasteiger partial charge in [-0.3, -0.25) is 4.79 Å². The summed E-state index contributed by atoms with van der Waals surface area (Å²) in [4.78, 5) is 30.6. The molecule has 0 aliphatic carbocycles. The lowest BCUT2D eigenvalue weighted by atomic mass is 9.93. The number of ether oxygens (including phenoxy) is 1. The van der Waals surface area contributed by atoms with Gasteiger partial charge in [0.15, 0.2) is 0 Å². The number of carboxylic acids is 1. The molecule has 0 radical (unpaired) electrons. The summed E-state index contributed by atoms with van der Waals surface area (Å²) >= 11 is 3.18. The minimum Gasteiger partial charge on any atom is -0.480 e. The zero-order chi connectivity index (χ0) is 26.8. The summed E-state index contributed by atoms with van der Waals surface area (Å²) in [6.07, 6.45) is 5.34. The van der Waals surface area contributed by atoms with Gasteiger partial charge in [0.05, 0.1) is 28.8 Å². The van der Waals surface area contributed by atoms with Gasteiger partial charge in [-0.25, -0.2) is 9.78 Å². The van der Waals surface area contributed by atoms with Crippen molar-refractivity contribution in [1.82, 2.24) is 10.3 Å². The number of aliphatic carboxylic acids is 1. The van der Waals surface area contributed by atoms with Crippen molar-refractivity contribution in [3.8, 4) is 11.1 Å². The first-order valence-electron chi connectivity index (χ1n) is 12.6. The van der Waals surface area contributed by atoms with Gasteiger partial charge in [-0.2, -0.15) is 11.8 Å². The molecule has 1 unspecified atom stereocenters. The summed E-state index contributed by atoms with van der Waals surface area (Å²) in [5.41, 5.74) is 7.02. The van der Waals surface area contributed by atoms with Crippen molar-refractivity contribution in [2.24, 2.45) is 0 Å². The molecule has 2 N–H and O–H groups in total. The van der Waals surface area contributed by atoms with Crippen LogP contribution in [0.25, 0.3) is 11.1 Å². The summed E-state index contributed by atoms with van der Waals surface area (Å²) in [6.45, 7) is 6.59. The fourth-order valence-corrected chi connectivity index (χ4v) is 5.56. The molecule has 3 rings (SSSR count). The normalized spacial score (nSPS) is 12.8. The molecule has 1 amide bonds. The maximum atomic E-state index is 13.3. The maximum absolute atomic E-state index is 13.3. The van der Waals surface area contributed by atoms with Crippen LogP contribution in [0, 0.1) is 13.8 Å². The molecule has 0 saturated carbocycles. The summed E-state index contributed by atoms with van der Waals surface area (Å²) in [6, 6.07) is 12.6. The number of thioether (sulfide) groups is 1. The standard InChI is InChI=1S/C29H36N2O4S2/c1-5-6-11-26(27-20(3)30-18-37-27)35-17-21-12-13-23(24(16-21)22-10-8-7-9-19(22)2)28(32)31-25(29(33)34)14-15-36-4/h7-10,12-13,16,18,25-26H,5-6,11,14-15,17H2,1-4H3,(H,31,32)(H,33,34)/t25-,26?/m0/s1. The number of nitrogens with zero attached hydrogens (tertiary/aromatic N) is 1. The third-order valence-electron chi connectivity index (χ3n) is 6.32. The first-order chi connectivity index (χ1) is 17.8. The summed E-state index contributed by atoms with van der Waals surface area (Å²) in [5.74, 6) is -0.766. The highest BCUT2D eigenvalue weighted by Crippen LogP contribution is 2.32. The van der Waals surface area contributed by atoms with E-state index in [1.165, 1.54) is 0 Å². The number of carboxylic acid groups (broad SMARTS) is 1. The average Bonchev–Trinajstić information content (AvgIpc) is 3.32. The number of nitrogens with one attached hydrogen (secondary N) is 1. The number of benzene rings is 2. The molecule has 6 nitrogen and oxygen atoms in total. The van der Waals surface area contributed by atoms with E-state index in [1.807, 2.05) is 62.0 Å². The Labute approximate surface area is 227 Å². The second-order valence-electron chi connectivity index (χ2n) is 9.08. The molecule has 198 valence electrons. The van der Waals surface area contributed by atoms with Gasteiger partial charge in [-0.05, 0) is 73.1 Å². The predicted octanol–water partition coefficient (Wildman–Crippen LogP) is 6.81. The van der Waals surface area contributed by atoms with Crippen molar-refractivity contribution >= 4 is 35.0 Å². The second kappa shape index (κ2) is 14.3. The highest BCUT2D eigenvalue weighted by molar-refractivity contribution is 7.98. The van der Waals surface area contributed by atoms with Gasteiger partial charge in [-0.1, -0.05) is 50.1 Å². The third kappa shape index (κ3) is 7.90. The van der Waals surface area contributed by atoms with E-state index in [2.05, 4.69) is 17.2 Å². The van der Waals surface area contributed by atoms with Crippen LogP contribution in [0.1, 0.15) is 70.8 Å². The molecule has 37 heavy (non-hydrogen) atoms. The number of carbonyl (C=O) groups excluding carboxylic acids is 1. The summed E-state index contributed by atoms with van der Waals surface area (Å²) in [5, 5.41) is 12.3. The van der Waals surface area contributed by atoms with Crippen LogP contribution in [-0.4, -0.2) is 40.0 Å². The first kappa shape index (κ1) is 28.9. The van der Waals surface area contributed by atoms with E-state index in [1.54, 1.807) is 29.2 Å². The van der Waals surface area contributed by atoms with E-state index in [4.69, 9.17) is 4.74 Å². The van der Waals surface area contributed by atoms with Crippen LogP contribution in [0.5, 0.6) is 0 Å². The minimum atomic E-state index is -1.03. The largest absolute Gasteiger partial charge is 0.480 e. The summed E-state index contributed by atoms with van der Waals surface area (Å²) in [7, 11) is 0. The van der Waals surface area contributed by atoms with Gasteiger partial charge in [0.1, 0.15) is 6.04 Å². The van der Waals surface area contributed by atoms with E-state index in [0.29, 0.717) is 24.3 Å². The van der Waals surface area contributed by atoms with Crippen LogP contribution < -0.4 is 5.32 Å². The molecule has 0 spiro atoms. The van der Waals surface area contributed by atoms with Gasteiger partial charge in [0.2, 0.25) is 0 Å². The number of hydrogen-bond acceptors (Lipinski definition) is 6. The number of amides is 1. The lowest BCUT2D eigenvalue weighted by Gasteiger charge is -2.19. The Bertz CT molecular complexity index is 1190. The number of carbonyl (C=O) groups is 2. The van der Waals surface area contributed by atoms with Gasteiger partial charge in [0.25, 0.3) is 5.91 Å². The quantitative estimate of drug-likeness (QED) is 0.233. The van der Waals surface area contributed by atoms with Crippen molar-refractivity contribution in [3.05, 3.63) is 75.2 Å². The Balaban J connectivity index is 1.90. The molecule has 1 heterocycles. The van der Waals surface area contributed by atoms with Crippen molar-refractivity contribution in [1.29, 1.82) is 0 Å². The Hall–Kier alpha value is -2.68. The predicted molar refractivity (Wildman–Crippen MR) is 152 cm³/mol. The molecule has 2 aromatic carbocycles. The number of aromatic nitrogens is 1. The van der Waals surface area contributed by atoms with Gasteiger partial charge < -0.3 is 15.2 Å². The molecule has 0 aliphatic rings. The Morgan fingerprint density at radius 1 is 1.14 bits per heavy atom. The van der Waals surface area contributed by atoms with Crippen LogP contribution in [0.15, 0.2) is 48.0 Å². The minimum absolute atomic E-state index is 0.0231. The zero-order valence-electron chi connectivity index (χ0n) is 22.0. The van der Waals surface area contributed by atoms with Crippen molar-refractivity contribution in [2.75, 3.05) is 12.0 Å². The fourth-order valence-electron chi connectivity index (χ4n) is 4.20. The molecule has 0 bridgehead atoms. The molecule has 3 aromatic rings. The summed E-state index contributed by atoms with van der Waals surface area (Å²) < 4.78 is 6.41. The lowest BCUT2D eigenvalue weighted by Crippen LogP contribution is -2.41. The number of hydrogen-bond donors (Lipinski definition) is 2. The first-order valence-corrected chi connectivity index (χ1v) is 14.9. The van der Waals surface area contributed by atoms with Gasteiger partial charge in [-0.15, -0.1) is 11.3 Å². The van der Waals surface area contributed by atoms with E-state index in [-0.39, 0.29) is 12.0 Å². The van der Waals surface area contributed by atoms with Gasteiger partial charge in [0, 0.05) is 5.56 Å². The van der Waals surface area contributed by atoms with E-state index in [0.717, 1.165) is 52.1 Å². The maximum Gasteiger partial charge on any atom is 0.326 e. The molecule has 0 fully saturated rings. The van der Waals surface area contributed by atoms with E-state index >= 15 is 0 Å². The Morgan fingerprint density at radius 2 is 1.92 bits per heavy atom. The number of aryl methyl sites for hydroxylation is 2. The van der Waals surface area contributed by atoms with E-state index < -0.39 is 12.0 Å². The SMILES string of the molecule is CCCCC(OCc1ccc(C(=O)N[C@@H](CCSC)C(=O)O)c(-c2ccccc2C)c1)c1scnc1C. The zero-order valence-corrected chi connectivity index (χ0v) is 23.6. The highest BCUT2D eigenvalue weighted by atomic mass is 32.2. The van der Waals surface area contributed by atoms with Crippen molar-refractivity contribution < 1.29 is 19.4 Å². The Kier molecular flexibility index (Phi) is 11.2. The topological polar surface area (TPSA) is 88.5 Å². The van der Waals surface area contributed by atoms with Crippen LogP contribution in [0.3, 0.4) is 0 Å². The van der Waals surface area contributed by atoms with E-state index in [9.17, 15) is 14.7 Å². The van der Waals surface area contributed by atoms with Crippen molar-refractivity contribution in [3.63, 3.8) is 0 Å². The molecule has 0 aliphatic heterocycles. The number of unbranched alkanes of at least 4 members (excludes halogenated alkanes) is 1. The highest BCUT2D eigenvalue weighted by Gasteiger charge is 2.23. The lowest BCUT2D eigenvalue weighted by molar-refractivity contribution is -0.139. The second-order valence-corrected chi connectivity index (χ2v) is 11.0. The van der Waals surface area contributed by atoms with Crippen LogP contribution in [-0.2, 0) is 16.1 Å². The fraction of sp³-hybridized carbons (Fsp3) is 0.414. The van der Waals surface area contributed by atoms with Crippen LogP contribution in [0.2, 0.25) is 0 Å². The number of rotatable bonds is 14. The average molecular weight is 541 g/mol. The molecule has 8 heteroatoms. The third-order valence-corrected chi connectivity index (χ3v) is 7.99. The van der Waals surface area contributed by atoms with Gasteiger partial charge >= 0.3 is 5.97 Å². The molecular weight excluding hydrogens is 504 g/mol. The monoisotopic (exact) mass is 540 g/mol. The Morgan fingerprint density at radius 3 is 2.57 bits per heavy atom. The van der Waals surface area contributed by atoms with Crippen LogP contribution in [0.4, 0.5) is 0 Å².